The zero-order valence-corrected chi connectivity index (χ0v) is 19.9. The van der Waals surface area contributed by atoms with Crippen LogP contribution in [0.4, 0.5) is 11.4 Å². The molecule has 4 rings (SSSR count). The van der Waals surface area contributed by atoms with E-state index in [1.165, 1.54) is 24.3 Å². The number of carbonyl (C=O) groups excluding carboxylic acids is 3. The van der Waals surface area contributed by atoms with E-state index in [2.05, 4.69) is 16.0 Å². The molecule has 10 nitrogen and oxygen atoms in total. The summed E-state index contributed by atoms with van der Waals surface area (Å²) in [6, 6.07) is 30.2. The molecule has 0 aromatic heterocycles. The summed E-state index contributed by atoms with van der Waals surface area (Å²) < 4.78 is 0. The van der Waals surface area contributed by atoms with Crippen LogP contribution in [0.15, 0.2) is 120 Å². The first-order chi connectivity index (χ1) is 18.4. The van der Waals surface area contributed by atoms with Crippen molar-refractivity contribution in [3.8, 4) is 0 Å². The van der Waals surface area contributed by atoms with Crippen molar-refractivity contribution in [3.05, 3.63) is 142 Å². The Morgan fingerprint density at radius 2 is 1.16 bits per heavy atom. The number of carbonyl (C=O) groups is 3. The molecule has 2 N–H and O–H groups in total. The van der Waals surface area contributed by atoms with E-state index in [9.17, 15) is 24.5 Å². The molecule has 0 bridgehead atoms. The molecule has 0 aliphatic rings. The SMILES string of the molecule is O=C(N/N=C(\C(=O)N(NC(=O)c1ccccc1)c1ccccc1)c1ccccc1)c1ccc([N+](=O)[O-])cc1. The van der Waals surface area contributed by atoms with Crippen LogP contribution >= 0.6 is 0 Å². The van der Waals surface area contributed by atoms with Crippen LogP contribution in [0.25, 0.3) is 0 Å². The Morgan fingerprint density at radius 1 is 0.658 bits per heavy atom. The van der Waals surface area contributed by atoms with E-state index in [4.69, 9.17) is 0 Å². The van der Waals surface area contributed by atoms with Crippen molar-refractivity contribution in [2.24, 2.45) is 5.10 Å². The van der Waals surface area contributed by atoms with Crippen molar-refractivity contribution >= 4 is 34.8 Å². The lowest BCUT2D eigenvalue weighted by Crippen LogP contribution is -2.50. The van der Waals surface area contributed by atoms with Crippen LogP contribution < -0.4 is 15.9 Å². The van der Waals surface area contributed by atoms with Crippen LogP contribution in [0.2, 0.25) is 0 Å². The Balaban J connectivity index is 1.67. The number of rotatable bonds is 7. The Bertz CT molecular complexity index is 1470. The minimum atomic E-state index is -0.712. The summed E-state index contributed by atoms with van der Waals surface area (Å²) in [7, 11) is 0. The second-order valence-corrected chi connectivity index (χ2v) is 7.85. The Kier molecular flexibility index (Phi) is 7.95. The van der Waals surface area contributed by atoms with Gasteiger partial charge in [-0.2, -0.15) is 5.10 Å². The first kappa shape index (κ1) is 25.5. The standard InChI is InChI=1S/C28H21N5O5/c34-26(22-16-18-24(19-17-22)33(37)38)30-29-25(20-10-4-1-5-11-20)28(36)32(23-14-8-3-9-15-23)31-27(35)21-12-6-2-7-13-21/h1-19H,(H,30,34)(H,31,35)/b29-25-. The number of non-ortho nitro benzene ring substituents is 1. The first-order valence-corrected chi connectivity index (χ1v) is 11.4. The van der Waals surface area contributed by atoms with Gasteiger partial charge in [0.2, 0.25) is 0 Å². The summed E-state index contributed by atoms with van der Waals surface area (Å²) in [5.74, 6) is -1.92. The maximum absolute atomic E-state index is 13.8. The highest BCUT2D eigenvalue weighted by atomic mass is 16.6. The molecular weight excluding hydrogens is 486 g/mol. The van der Waals surface area contributed by atoms with Crippen molar-refractivity contribution in [1.82, 2.24) is 10.9 Å². The summed E-state index contributed by atoms with van der Waals surface area (Å²) in [5, 5.41) is 16.0. The van der Waals surface area contributed by atoms with Gasteiger partial charge < -0.3 is 0 Å². The quantitative estimate of drug-likeness (QED) is 0.221. The number of nitro benzene ring substituents is 1. The zero-order chi connectivity index (χ0) is 26.9. The molecule has 0 aliphatic carbocycles. The Morgan fingerprint density at radius 3 is 1.71 bits per heavy atom. The highest BCUT2D eigenvalue weighted by Crippen LogP contribution is 2.16. The van der Waals surface area contributed by atoms with Gasteiger partial charge in [-0.1, -0.05) is 66.7 Å². The Hall–Kier alpha value is -5.64. The van der Waals surface area contributed by atoms with Gasteiger partial charge in [-0.25, -0.2) is 10.4 Å². The molecule has 188 valence electrons. The van der Waals surface area contributed by atoms with Crippen LogP contribution in [-0.4, -0.2) is 28.4 Å². The predicted molar refractivity (Wildman–Crippen MR) is 141 cm³/mol. The fourth-order valence-corrected chi connectivity index (χ4v) is 3.41. The van der Waals surface area contributed by atoms with Crippen molar-refractivity contribution in [2.45, 2.75) is 0 Å². The first-order valence-electron chi connectivity index (χ1n) is 11.4. The molecule has 0 radical (unpaired) electrons. The van der Waals surface area contributed by atoms with Crippen molar-refractivity contribution in [2.75, 3.05) is 5.01 Å². The molecule has 0 saturated carbocycles. The van der Waals surface area contributed by atoms with Gasteiger partial charge >= 0.3 is 0 Å². The monoisotopic (exact) mass is 507 g/mol. The maximum Gasteiger partial charge on any atom is 0.298 e. The number of nitro groups is 1. The lowest BCUT2D eigenvalue weighted by molar-refractivity contribution is -0.384. The van der Waals surface area contributed by atoms with Gasteiger partial charge in [-0.05, 0) is 36.4 Å². The third kappa shape index (κ3) is 6.13. The van der Waals surface area contributed by atoms with Gasteiger partial charge in [0.25, 0.3) is 23.4 Å². The number of hydrazine groups is 1. The van der Waals surface area contributed by atoms with Crippen LogP contribution in [0.1, 0.15) is 26.3 Å². The van der Waals surface area contributed by atoms with Crippen molar-refractivity contribution in [1.29, 1.82) is 0 Å². The highest BCUT2D eigenvalue weighted by molar-refractivity contribution is 6.49. The van der Waals surface area contributed by atoms with E-state index in [-0.39, 0.29) is 17.0 Å². The molecule has 0 saturated heterocycles. The molecule has 38 heavy (non-hydrogen) atoms. The summed E-state index contributed by atoms with van der Waals surface area (Å²) >= 11 is 0. The lowest BCUT2D eigenvalue weighted by Gasteiger charge is -2.24. The van der Waals surface area contributed by atoms with E-state index in [1.54, 1.807) is 91.0 Å². The third-order valence-corrected chi connectivity index (χ3v) is 5.33. The fraction of sp³-hybridized carbons (Fsp3) is 0. The molecule has 0 atom stereocenters. The molecule has 4 aromatic rings. The molecule has 10 heteroatoms. The summed E-state index contributed by atoms with van der Waals surface area (Å²) in [5.41, 5.74) is 5.84. The van der Waals surface area contributed by atoms with E-state index in [0.717, 1.165) is 5.01 Å². The molecule has 0 aliphatic heterocycles. The topological polar surface area (TPSA) is 134 Å². The van der Waals surface area contributed by atoms with E-state index < -0.39 is 22.6 Å². The number of nitrogens with zero attached hydrogens (tertiary/aromatic N) is 3. The lowest BCUT2D eigenvalue weighted by atomic mass is 10.1. The number of hydrogen-bond acceptors (Lipinski definition) is 6. The number of hydrogen-bond donors (Lipinski definition) is 2. The fourth-order valence-electron chi connectivity index (χ4n) is 3.41. The van der Waals surface area contributed by atoms with Gasteiger partial charge in [-0.15, -0.1) is 0 Å². The van der Waals surface area contributed by atoms with Gasteiger partial charge in [0.15, 0.2) is 5.71 Å². The van der Waals surface area contributed by atoms with Crippen LogP contribution in [0.3, 0.4) is 0 Å². The molecule has 0 spiro atoms. The van der Waals surface area contributed by atoms with Gasteiger partial charge in [0.05, 0.1) is 10.6 Å². The second-order valence-electron chi connectivity index (χ2n) is 7.85. The number of benzene rings is 4. The molecular formula is C28H21N5O5. The summed E-state index contributed by atoms with van der Waals surface area (Å²) in [4.78, 5) is 49.8. The molecule has 4 aromatic carbocycles. The second kappa shape index (κ2) is 11.9. The number of anilines is 1. The summed E-state index contributed by atoms with van der Waals surface area (Å²) in [6.07, 6.45) is 0. The maximum atomic E-state index is 13.8. The largest absolute Gasteiger partial charge is 0.298 e. The molecule has 0 heterocycles. The molecule has 0 unspecified atom stereocenters. The number of hydrazone groups is 1. The predicted octanol–water partition coefficient (Wildman–Crippen LogP) is 4.11. The van der Waals surface area contributed by atoms with Gasteiger partial charge in [-0.3, -0.25) is 29.9 Å². The van der Waals surface area contributed by atoms with Crippen LogP contribution in [0, 0.1) is 10.1 Å². The normalized spacial score (nSPS) is 10.8. The zero-order valence-electron chi connectivity index (χ0n) is 19.9. The smallest absolute Gasteiger partial charge is 0.267 e. The average molecular weight is 508 g/mol. The minimum absolute atomic E-state index is 0.108. The molecule has 0 fully saturated rings. The van der Waals surface area contributed by atoms with Crippen molar-refractivity contribution < 1.29 is 19.3 Å². The average Bonchev–Trinajstić information content (AvgIpc) is 2.97. The number of amides is 3. The minimum Gasteiger partial charge on any atom is -0.267 e. The van der Waals surface area contributed by atoms with Gasteiger partial charge in [0, 0.05) is 28.8 Å². The van der Waals surface area contributed by atoms with Gasteiger partial charge in [0.1, 0.15) is 0 Å². The number of para-hydroxylation sites is 1. The third-order valence-electron chi connectivity index (χ3n) is 5.33. The van der Waals surface area contributed by atoms with Crippen LogP contribution in [0.5, 0.6) is 0 Å². The van der Waals surface area contributed by atoms with E-state index in [1.807, 2.05) is 0 Å². The van der Waals surface area contributed by atoms with E-state index >= 15 is 0 Å². The van der Waals surface area contributed by atoms with E-state index in [0.29, 0.717) is 16.8 Å². The molecule has 3 amide bonds. The Labute approximate surface area is 217 Å². The highest BCUT2D eigenvalue weighted by Gasteiger charge is 2.26. The summed E-state index contributed by atoms with van der Waals surface area (Å²) in [6.45, 7) is 0. The number of nitrogens with one attached hydrogen (secondary N) is 2. The van der Waals surface area contributed by atoms with Crippen molar-refractivity contribution in [3.63, 3.8) is 0 Å². The van der Waals surface area contributed by atoms with Crippen LogP contribution in [-0.2, 0) is 4.79 Å².